The van der Waals surface area contributed by atoms with E-state index in [1.807, 2.05) is 0 Å². The van der Waals surface area contributed by atoms with Crippen molar-refractivity contribution in [3.8, 4) is 0 Å². The molecule has 0 bridgehead atoms. The minimum Gasteiger partial charge on any atom is -0.372 e. The molecule has 1 aliphatic heterocycles. The highest BCUT2D eigenvalue weighted by molar-refractivity contribution is 5.93. The molecule has 6 nitrogen and oxygen atoms in total. The molecule has 2 amide bonds. The zero-order valence-corrected chi connectivity index (χ0v) is 6.71. The number of carbonyl (C=O) groups is 1. The number of anilines is 1. The van der Waals surface area contributed by atoms with Gasteiger partial charge >= 0.3 is 6.03 Å². The van der Waals surface area contributed by atoms with Gasteiger partial charge in [0.15, 0.2) is 5.82 Å². The summed E-state index contributed by atoms with van der Waals surface area (Å²) >= 11 is 0. The van der Waals surface area contributed by atoms with Crippen molar-refractivity contribution in [3.63, 3.8) is 0 Å². The lowest BCUT2D eigenvalue weighted by molar-refractivity contribution is 0.173. The Morgan fingerprint density at radius 2 is 2.54 bits per heavy atom. The van der Waals surface area contributed by atoms with Gasteiger partial charge in [0.05, 0.1) is 6.54 Å². The molecule has 1 atom stereocenters. The molecular weight excluding hydrogens is 172 g/mol. The number of aliphatic hydroxyl groups excluding tert-OH is 1. The van der Waals surface area contributed by atoms with E-state index in [1.54, 1.807) is 12.1 Å². The van der Waals surface area contributed by atoms with Gasteiger partial charge in [-0.3, -0.25) is 4.90 Å². The first-order valence-corrected chi connectivity index (χ1v) is 3.81. The molecule has 1 unspecified atom stereocenters. The molecule has 13 heavy (non-hydrogen) atoms. The molecule has 0 aliphatic carbocycles. The van der Waals surface area contributed by atoms with Gasteiger partial charge in [-0.1, -0.05) is 0 Å². The maximum absolute atomic E-state index is 11.2. The molecule has 2 heterocycles. The number of nitrogens with zero attached hydrogens (tertiary/aromatic N) is 3. The van der Waals surface area contributed by atoms with Crippen LogP contribution in [-0.2, 0) is 0 Å². The fraction of sp³-hybridized carbons (Fsp3) is 0.286. The number of urea groups is 1. The summed E-state index contributed by atoms with van der Waals surface area (Å²) in [6, 6.07) is 2.98. The van der Waals surface area contributed by atoms with Gasteiger partial charge in [-0.2, -0.15) is 5.10 Å². The van der Waals surface area contributed by atoms with Crippen LogP contribution < -0.4 is 10.2 Å². The van der Waals surface area contributed by atoms with Crippen LogP contribution in [0.1, 0.15) is 0 Å². The fourth-order valence-corrected chi connectivity index (χ4v) is 1.16. The van der Waals surface area contributed by atoms with E-state index in [4.69, 9.17) is 5.11 Å². The quantitative estimate of drug-likeness (QED) is 0.600. The molecule has 1 aromatic rings. The van der Waals surface area contributed by atoms with Crippen molar-refractivity contribution >= 4 is 11.8 Å². The highest BCUT2D eigenvalue weighted by Gasteiger charge is 2.28. The number of hydrogen-bond donors (Lipinski definition) is 2. The summed E-state index contributed by atoms with van der Waals surface area (Å²) in [5, 5.41) is 18.8. The first-order chi connectivity index (χ1) is 6.27. The summed E-state index contributed by atoms with van der Waals surface area (Å²) in [6.45, 7) is 0.206. The molecule has 0 radical (unpaired) electrons. The maximum atomic E-state index is 11.2. The van der Waals surface area contributed by atoms with Gasteiger partial charge in [0.2, 0.25) is 0 Å². The Morgan fingerprint density at radius 3 is 3.08 bits per heavy atom. The summed E-state index contributed by atoms with van der Waals surface area (Å²) in [5.74, 6) is 0.441. The Bertz CT molecular complexity index is 316. The number of aliphatic hydroxyl groups is 1. The maximum Gasteiger partial charge on any atom is 0.325 e. The summed E-state index contributed by atoms with van der Waals surface area (Å²) in [5.41, 5.74) is 0. The molecule has 0 aromatic carbocycles. The van der Waals surface area contributed by atoms with Gasteiger partial charge in [0, 0.05) is 6.20 Å². The van der Waals surface area contributed by atoms with Crippen LogP contribution >= 0.6 is 0 Å². The van der Waals surface area contributed by atoms with Crippen LogP contribution in [0.3, 0.4) is 0 Å². The fourth-order valence-electron chi connectivity index (χ4n) is 1.16. The van der Waals surface area contributed by atoms with Crippen molar-refractivity contribution in [2.45, 2.75) is 6.23 Å². The highest BCUT2D eigenvalue weighted by Crippen LogP contribution is 2.12. The lowest BCUT2D eigenvalue weighted by atomic mass is 10.5. The van der Waals surface area contributed by atoms with Crippen LogP contribution in [0.2, 0.25) is 0 Å². The number of nitrogens with one attached hydrogen (secondary N) is 1. The van der Waals surface area contributed by atoms with Crippen LogP contribution in [-0.4, -0.2) is 34.1 Å². The number of β-amino-alcohol motifs (C(OH)–C–C–N with tert-alkyl or cyclic N) is 1. The SMILES string of the molecule is O=C1NC(O)CN1c1cccnn1. The normalized spacial score (nSPS) is 21.8. The lowest BCUT2D eigenvalue weighted by Crippen LogP contribution is -2.29. The van der Waals surface area contributed by atoms with E-state index in [0.717, 1.165) is 0 Å². The highest BCUT2D eigenvalue weighted by atomic mass is 16.3. The van der Waals surface area contributed by atoms with Gasteiger partial charge in [0.25, 0.3) is 0 Å². The van der Waals surface area contributed by atoms with E-state index in [1.165, 1.54) is 11.1 Å². The zero-order chi connectivity index (χ0) is 9.26. The van der Waals surface area contributed by atoms with Crippen molar-refractivity contribution in [1.29, 1.82) is 0 Å². The smallest absolute Gasteiger partial charge is 0.325 e. The number of carbonyl (C=O) groups excluding carboxylic acids is 1. The third-order valence-corrected chi connectivity index (χ3v) is 1.73. The van der Waals surface area contributed by atoms with E-state index in [0.29, 0.717) is 5.82 Å². The van der Waals surface area contributed by atoms with Crippen LogP contribution in [0.25, 0.3) is 0 Å². The van der Waals surface area contributed by atoms with Crippen molar-refractivity contribution in [3.05, 3.63) is 18.3 Å². The number of rotatable bonds is 1. The Labute approximate surface area is 74.2 Å². The number of hydrogen-bond acceptors (Lipinski definition) is 4. The minimum absolute atomic E-state index is 0.206. The monoisotopic (exact) mass is 180 g/mol. The second-order valence-electron chi connectivity index (χ2n) is 2.66. The van der Waals surface area contributed by atoms with Crippen molar-refractivity contribution in [2.75, 3.05) is 11.4 Å². The third-order valence-electron chi connectivity index (χ3n) is 1.73. The topological polar surface area (TPSA) is 78.4 Å². The predicted octanol–water partition coefficient (Wildman–Crippen LogP) is -0.675. The second-order valence-corrected chi connectivity index (χ2v) is 2.66. The molecule has 1 saturated heterocycles. The molecule has 68 valence electrons. The van der Waals surface area contributed by atoms with Crippen LogP contribution in [0, 0.1) is 0 Å². The van der Waals surface area contributed by atoms with E-state index < -0.39 is 6.23 Å². The average Bonchev–Trinajstić information content (AvgIpc) is 2.47. The van der Waals surface area contributed by atoms with Crippen LogP contribution in [0.5, 0.6) is 0 Å². The van der Waals surface area contributed by atoms with Gasteiger partial charge in [-0.25, -0.2) is 4.79 Å². The van der Waals surface area contributed by atoms with Gasteiger partial charge in [0.1, 0.15) is 6.23 Å². The first-order valence-electron chi connectivity index (χ1n) is 3.81. The summed E-state index contributed by atoms with van der Waals surface area (Å²) in [4.78, 5) is 12.5. The molecular formula is C7H8N4O2. The van der Waals surface area contributed by atoms with E-state index in [-0.39, 0.29) is 12.6 Å². The largest absolute Gasteiger partial charge is 0.372 e. The second kappa shape index (κ2) is 2.98. The Balaban J connectivity index is 2.23. The Hall–Kier alpha value is -1.69. The predicted molar refractivity (Wildman–Crippen MR) is 43.9 cm³/mol. The van der Waals surface area contributed by atoms with Crippen LogP contribution in [0.4, 0.5) is 10.6 Å². The molecule has 0 spiro atoms. The van der Waals surface area contributed by atoms with E-state index >= 15 is 0 Å². The Kier molecular flexibility index (Phi) is 1.82. The summed E-state index contributed by atoms with van der Waals surface area (Å²) in [7, 11) is 0. The molecule has 2 N–H and O–H groups in total. The lowest BCUT2D eigenvalue weighted by Gasteiger charge is -2.10. The first kappa shape index (κ1) is 7.93. The summed E-state index contributed by atoms with van der Waals surface area (Å²) in [6.07, 6.45) is 0.697. The van der Waals surface area contributed by atoms with Gasteiger partial charge < -0.3 is 10.4 Å². The standard InChI is InChI=1S/C7H8N4O2/c12-6-4-11(7(13)9-6)5-2-1-3-8-10-5/h1-3,6,12H,4H2,(H,9,13). The summed E-state index contributed by atoms with van der Waals surface area (Å²) < 4.78 is 0. The Morgan fingerprint density at radius 1 is 1.69 bits per heavy atom. The molecule has 0 saturated carbocycles. The molecule has 2 rings (SSSR count). The third kappa shape index (κ3) is 1.43. The molecule has 1 aliphatic rings. The molecule has 1 aromatic heterocycles. The van der Waals surface area contributed by atoms with Gasteiger partial charge in [-0.15, -0.1) is 5.10 Å². The zero-order valence-electron chi connectivity index (χ0n) is 6.71. The van der Waals surface area contributed by atoms with Crippen LogP contribution in [0.15, 0.2) is 18.3 Å². The number of aromatic nitrogens is 2. The van der Waals surface area contributed by atoms with Crippen molar-refractivity contribution < 1.29 is 9.90 Å². The minimum atomic E-state index is -0.825. The van der Waals surface area contributed by atoms with Gasteiger partial charge in [-0.05, 0) is 12.1 Å². The number of amides is 2. The van der Waals surface area contributed by atoms with Crippen molar-refractivity contribution in [1.82, 2.24) is 15.5 Å². The molecule has 1 fully saturated rings. The van der Waals surface area contributed by atoms with Crippen molar-refractivity contribution in [2.24, 2.45) is 0 Å². The average molecular weight is 180 g/mol. The van der Waals surface area contributed by atoms with E-state index in [9.17, 15) is 4.79 Å². The molecule has 6 heteroatoms. The van der Waals surface area contributed by atoms with E-state index in [2.05, 4.69) is 15.5 Å².